The van der Waals surface area contributed by atoms with E-state index in [0.29, 0.717) is 27.4 Å². The zero-order chi connectivity index (χ0) is 17.4. The Morgan fingerprint density at radius 2 is 1.96 bits per heavy atom. The van der Waals surface area contributed by atoms with Crippen LogP contribution in [0, 0.1) is 0 Å². The second kappa shape index (κ2) is 6.47. The number of aromatic nitrogens is 1. The van der Waals surface area contributed by atoms with Crippen LogP contribution in [0.25, 0.3) is 17.2 Å². The fourth-order valence-corrected chi connectivity index (χ4v) is 2.92. The normalized spacial score (nSPS) is 15.3. The van der Waals surface area contributed by atoms with Crippen molar-refractivity contribution in [3.63, 3.8) is 0 Å². The minimum Gasteiger partial charge on any atom is -0.439 e. The number of benzene rings is 2. The molecular weight excluding hydrogens is 359 g/mol. The average molecular weight is 373 g/mol. The van der Waals surface area contributed by atoms with Crippen molar-refractivity contribution in [2.24, 2.45) is 0 Å². The van der Waals surface area contributed by atoms with Crippen LogP contribution in [0.4, 0.5) is 5.69 Å². The van der Waals surface area contributed by atoms with E-state index in [4.69, 9.17) is 32.4 Å². The Morgan fingerprint density at radius 3 is 2.80 bits per heavy atom. The lowest BCUT2D eigenvalue weighted by atomic mass is 10.2. The van der Waals surface area contributed by atoms with E-state index in [2.05, 4.69) is 17.2 Å². The van der Waals surface area contributed by atoms with Gasteiger partial charge in [0.15, 0.2) is 17.2 Å². The van der Waals surface area contributed by atoms with E-state index in [1.54, 1.807) is 18.2 Å². The molecular formula is C19H14Cl2N2O2. The zero-order valence-corrected chi connectivity index (χ0v) is 14.9. The molecule has 1 aliphatic heterocycles. The van der Waals surface area contributed by atoms with Gasteiger partial charge < -0.3 is 14.5 Å². The maximum absolute atomic E-state index is 6.00. The van der Waals surface area contributed by atoms with Crippen LogP contribution in [0.5, 0.6) is 5.75 Å². The van der Waals surface area contributed by atoms with Crippen LogP contribution < -0.4 is 10.1 Å². The van der Waals surface area contributed by atoms with Gasteiger partial charge in [-0.15, -0.1) is 0 Å². The number of fused-ring (bicyclic) bond motifs is 2. The molecule has 1 aliphatic rings. The Kier molecular flexibility index (Phi) is 4.15. The maximum atomic E-state index is 6.00. The van der Waals surface area contributed by atoms with Gasteiger partial charge in [0.2, 0.25) is 5.89 Å². The van der Waals surface area contributed by atoms with Gasteiger partial charge in [-0.1, -0.05) is 30.1 Å². The lowest BCUT2D eigenvalue weighted by Gasteiger charge is -2.00. The number of anilines is 1. The van der Waals surface area contributed by atoms with Gasteiger partial charge in [0.1, 0.15) is 5.52 Å². The standard InChI is InChI=1S/C19H14Cl2N2O2/c1-2-11(7-18-22-14-9-12(20)3-5-16(14)24-18)8-19-23-15-10-13(21)4-6-17(15)25-19/h3-10,22H,2H2,1H3/b11-8+,18-7-. The summed E-state index contributed by atoms with van der Waals surface area (Å²) >= 11 is 12.0. The number of oxazole rings is 1. The van der Waals surface area contributed by atoms with Crippen molar-refractivity contribution in [1.29, 1.82) is 0 Å². The number of nitrogens with zero attached hydrogens (tertiary/aromatic N) is 1. The van der Waals surface area contributed by atoms with Gasteiger partial charge in [-0.25, -0.2) is 4.98 Å². The zero-order valence-electron chi connectivity index (χ0n) is 13.3. The highest BCUT2D eigenvalue weighted by Crippen LogP contribution is 2.36. The molecule has 0 aliphatic carbocycles. The van der Waals surface area contributed by atoms with E-state index < -0.39 is 0 Å². The van der Waals surface area contributed by atoms with Crippen molar-refractivity contribution >= 4 is 46.1 Å². The minimum absolute atomic E-state index is 0.532. The van der Waals surface area contributed by atoms with Crippen LogP contribution in [0.1, 0.15) is 19.2 Å². The Bertz CT molecular complexity index is 1020. The summed E-state index contributed by atoms with van der Waals surface area (Å²) in [6.07, 6.45) is 4.61. The van der Waals surface area contributed by atoms with Crippen LogP contribution in [-0.2, 0) is 0 Å². The molecule has 2 aromatic carbocycles. The van der Waals surface area contributed by atoms with Crippen LogP contribution in [0.2, 0.25) is 10.0 Å². The molecule has 25 heavy (non-hydrogen) atoms. The molecule has 1 aromatic heterocycles. The van der Waals surface area contributed by atoms with Gasteiger partial charge in [0.05, 0.1) is 5.69 Å². The van der Waals surface area contributed by atoms with Gasteiger partial charge in [0.25, 0.3) is 0 Å². The summed E-state index contributed by atoms with van der Waals surface area (Å²) in [4.78, 5) is 4.45. The molecule has 126 valence electrons. The first-order valence-corrected chi connectivity index (χ1v) is 8.59. The molecule has 0 bridgehead atoms. The third-order valence-corrected chi connectivity index (χ3v) is 4.29. The smallest absolute Gasteiger partial charge is 0.220 e. The van der Waals surface area contributed by atoms with E-state index in [-0.39, 0.29) is 0 Å². The number of rotatable bonds is 3. The molecule has 0 fully saturated rings. The molecule has 0 saturated carbocycles. The third kappa shape index (κ3) is 3.36. The number of hydrogen-bond donors (Lipinski definition) is 1. The summed E-state index contributed by atoms with van der Waals surface area (Å²) in [6.45, 7) is 2.06. The monoisotopic (exact) mass is 372 g/mol. The Hall–Kier alpha value is -2.43. The Labute approximate surface area is 154 Å². The first-order valence-electron chi connectivity index (χ1n) is 7.83. The molecule has 0 atom stereocenters. The number of ether oxygens (including phenoxy) is 1. The lowest BCUT2D eigenvalue weighted by molar-refractivity contribution is 0.456. The SMILES string of the molecule is CCC(/C=C1/Nc2cc(Cl)ccc2O1)=C\c1nc2cc(Cl)ccc2o1. The molecule has 3 aromatic rings. The highest BCUT2D eigenvalue weighted by atomic mass is 35.5. The summed E-state index contributed by atoms with van der Waals surface area (Å²) in [5.74, 6) is 1.93. The lowest BCUT2D eigenvalue weighted by Crippen LogP contribution is -1.97. The van der Waals surface area contributed by atoms with Crippen molar-refractivity contribution in [2.75, 3.05) is 5.32 Å². The Balaban J connectivity index is 1.62. The van der Waals surface area contributed by atoms with E-state index in [1.807, 2.05) is 30.4 Å². The van der Waals surface area contributed by atoms with Crippen molar-refractivity contribution in [3.8, 4) is 5.75 Å². The van der Waals surface area contributed by atoms with E-state index in [1.165, 1.54) is 0 Å². The first-order chi connectivity index (χ1) is 12.1. The highest BCUT2D eigenvalue weighted by molar-refractivity contribution is 6.31. The van der Waals surface area contributed by atoms with E-state index in [0.717, 1.165) is 28.9 Å². The van der Waals surface area contributed by atoms with Gasteiger partial charge in [-0.3, -0.25) is 0 Å². The van der Waals surface area contributed by atoms with Crippen molar-refractivity contribution in [2.45, 2.75) is 13.3 Å². The Morgan fingerprint density at radius 1 is 1.16 bits per heavy atom. The molecule has 0 amide bonds. The largest absolute Gasteiger partial charge is 0.439 e. The topological polar surface area (TPSA) is 47.3 Å². The van der Waals surface area contributed by atoms with Crippen molar-refractivity contribution in [1.82, 2.24) is 4.98 Å². The second-order valence-corrected chi connectivity index (χ2v) is 6.49. The van der Waals surface area contributed by atoms with Gasteiger partial charge in [-0.05, 0) is 48.4 Å². The van der Waals surface area contributed by atoms with E-state index >= 15 is 0 Å². The molecule has 1 N–H and O–H groups in total. The highest BCUT2D eigenvalue weighted by Gasteiger charge is 2.17. The van der Waals surface area contributed by atoms with Crippen molar-refractivity contribution in [3.05, 3.63) is 69.9 Å². The molecule has 4 rings (SSSR count). The molecule has 0 spiro atoms. The number of halogens is 2. The predicted octanol–water partition coefficient (Wildman–Crippen LogP) is 6.27. The third-order valence-electron chi connectivity index (χ3n) is 3.82. The summed E-state index contributed by atoms with van der Waals surface area (Å²) < 4.78 is 11.5. The summed E-state index contributed by atoms with van der Waals surface area (Å²) in [7, 11) is 0. The van der Waals surface area contributed by atoms with Gasteiger partial charge in [-0.2, -0.15) is 0 Å². The summed E-state index contributed by atoms with van der Waals surface area (Å²) in [5, 5.41) is 4.50. The number of allylic oxidation sites excluding steroid dienone is 2. The van der Waals surface area contributed by atoms with E-state index in [9.17, 15) is 0 Å². The number of nitrogens with one attached hydrogen (secondary N) is 1. The van der Waals surface area contributed by atoms with Gasteiger partial charge in [0, 0.05) is 22.2 Å². The molecule has 0 saturated heterocycles. The molecule has 2 heterocycles. The fourth-order valence-electron chi connectivity index (χ4n) is 2.58. The maximum Gasteiger partial charge on any atom is 0.220 e. The molecule has 6 heteroatoms. The summed E-state index contributed by atoms with van der Waals surface area (Å²) in [5.41, 5.74) is 3.31. The first kappa shape index (κ1) is 16.1. The summed E-state index contributed by atoms with van der Waals surface area (Å²) in [6, 6.07) is 10.8. The van der Waals surface area contributed by atoms with Crippen molar-refractivity contribution < 1.29 is 9.15 Å². The average Bonchev–Trinajstić information content (AvgIpc) is 3.16. The van der Waals surface area contributed by atoms with Gasteiger partial charge >= 0.3 is 0 Å². The predicted molar refractivity (Wildman–Crippen MR) is 101 cm³/mol. The second-order valence-electron chi connectivity index (χ2n) is 5.61. The van der Waals surface area contributed by atoms with Crippen LogP contribution in [0.3, 0.4) is 0 Å². The number of hydrogen-bond acceptors (Lipinski definition) is 4. The molecule has 4 nitrogen and oxygen atoms in total. The minimum atomic E-state index is 0.532. The van der Waals surface area contributed by atoms with Crippen LogP contribution in [-0.4, -0.2) is 4.98 Å². The molecule has 0 unspecified atom stereocenters. The fraction of sp³-hybridized carbons (Fsp3) is 0.105. The quantitative estimate of drug-likeness (QED) is 0.587. The van der Waals surface area contributed by atoms with Crippen LogP contribution >= 0.6 is 23.2 Å². The molecule has 0 radical (unpaired) electrons. The van der Waals surface area contributed by atoms with Crippen LogP contribution in [0.15, 0.2) is 58.3 Å².